The third-order valence-corrected chi connectivity index (χ3v) is 5.74. The van der Waals surface area contributed by atoms with Gasteiger partial charge in [-0.05, 0) is 50.5 Å². The van der Waals surface area contributed by atoms with E-state index in [2.05, 4.69) is 57.7 Å². The first-order valence-electron chi connectivity index (χ1n) is 11.4. The van der Waals surface area contributed by atoms with Gasteiger partial charge < -0.3 is 29.8 Å². The fourth-order valence-electron chi connectivity index (χ4n) is 4.37. The second kappa shape index (κ2) is 15.2. The molecule has 2 saturated carbocycles. The summed E-state index contributed by atoms with van der Waals surface area (Å²) in [6.45, 7) is 7.67. The predicted molar refractivity (Wildman–Crippen MR) is 119 cm³/mol. The molecule has 2 heterocycles. The molecule has 0 radical (unpaired) electrons. The van der Waals surface area contributed by atoms with Crippen molar-refractivity contribution in [2.24, 2.45) is 0 Å². The van der Waals surface area contributed by atoms with E-state index in [0.717, 1.165) is 32.6 Å². The molecular formula is C23H38N4O4Pt. The van der Waals surface area contributed by atoms with Crippen LogP contribution >= 0.6 is 0 Å². The Hall–Kier alpha value is -1.69. The van der Waals surface area contributed by atoms with Gasteiger partial charge in [-0.2, -0.15) is 13.3 Å². The third-order valence-electron chi connectivity index (χ3n) is 5.74. The normalized spacial score (nSPS) is 20.8. The third kappa shape index (κ3) is 10.8. The van der Waals surface area contributed by atoms with Gasteiger partial charge in [-0.1, -0.05) is 38.5 Å². The van der Waals surface area contributed by atoms with Gasteiger partial charge in [0.1, 0.15) is 0 Å². The van der Waals surface area contributed by atoms with E-state index >= 15 is 0 Å². The van der Waals surface area contributed by atoms with Crippen LogP contribution in [0.4, 0.5) is 0 Å². The first kappa shape index (κ1) is 28.3. The van der Waals surface area contributed by atoms with E-state index in [4.69, 9.17) is 19.8 Å². The van der Waals surface area contributed by atoms with Gasteiger partial charge in [0.25, 0.3) is 11.9 Å². The van der Waals surface area contributed by atoms with Gasteiger partial charge in [-0.15, -0.1) is 0 Å². The molecule has 32 heavy (non-hydrogen) atoms. The van der Waals surface area contributed by atoms with Crippen LogP contribution in [0.15, 0.2) is 24.8 Å². The zero-order chi connectivity index (χ0) is 22.6. The fourth-order valence-corrected chi connectivity index (χ4v) is 4.37. The molecule has 0 atom stereocenters. The van der Waals surface area contributed by atoms with Crippen molar-refractivity contribution in [3.8, 4) is 0 Å². The number of nitrogens with zero attached hydrogens (tertiary/aromatic N) is 4. The first-order valence-corrected chi connectivity index (χ1v) is 11.4. The Balaban J connectivity index is 0.000000497. The van der Waals surface area contributed by atoms with Crippen LogP contribution in [0.3, 0.4) is 0 Å². The Morgan fingerprint density at radius 1 is 0.719 bits per heavy atom. The average molecular weight is 630 g/mol. The fraction of sp³-hybridized carbons (Fsp3) is 0.652. The topological polar surface area (TPSA) is 87.6 Å². The molecule has 184 valence electrons. The van der Waals surface area contributed by atoms with Crippen LogP contribution < -0.4 is 0 Å². The molecule has 2 fully saturated rings. The van der Waals surface area contributed by atoms with E-state index in [1.807, 2.05) is 0 Å². The molecule has 9 heteroatoms. The minimum atomic E-state index is -0.833. The smallest absolute Gasteiger partial charge is 0.506 e. The largest absolute Gasteiger partial charge is 2.00 e. The second-order valence-electron chi connectivity index (χ2n) is 8.51. The minimum absolute atomic E-state index is 0. The molecule has 4 rings (SSSR count). The van der Waals surface area contributed by atoms with Crippen LogP contribution in [0.2, 0.25) is 0 Å². The van der Waals surface area contributed by atoms with Gasteiger partial charge in [-0.3, -0.25) is 9.59 Å². The van der Waals surface area contributed by atoms with Crippen LogP contribution in [-0.2, 0) is 30.7 Å². The number of rotatable bonds is 4. The van der Waals surface area contributed by atoms with E-state index < -0.39 is 11.9 Å². The minimum Gasteiger partial charge on any atom is -0.506 e. The number of carboxylic acid groups (broad SMARTS) is 2. The van der Waals surface area contributed by atoms with E-state index in [-0.39, 0.29) is 21.1 Å². The zero-order valence-corrected chi connectivity index (χ0v) is 21.5. The maximum absolute atomic E-state index is 9.00. The van der Waals surface area contributed by atoms with E-state index in [9.17, 15) is 0 Å². The standard InChI is InChI=1S/C19H30N4.2C2H4O2.Pt/c1-3-7-18(8-4-1)22-13-11-20(16-22)15-21-12-14-23(17-21)19-9-5-2-6-10-19;2*1-2(3)4;/h11-14,16-19H,1-10,15H2;2*1H3,(H,3,4);/q-2;;;+2. The summed E-state index contributed by atoms with van der Waals surface area (Å²) < 4.78 is 0. The van der Waals surface area contributed by atoms with Crippen molar-refractivity contribution in [1.29, 1.82) is 0 Å². The predicted octanol–water partition coefficient (Wildman–Crippen LogP) is 4.20. The molecule has 0 saturated heterocycles. The molecule has 2 aliphatic carbocycles. The molecule has 2 N–H and O–H groups in total. The molecule has 0 aromatic rings. The summed E-state index contributed by atoms with van der Waals surface area (Å²) in [5.41, 5.74) is 0. The molecule has 0 aromatic carbocycles. The Bertz CT molecular complexity index is 559. The quantitative estimate of drug-likeness (QED) is 0.448. The van der Waals surface area contributed by atoms with Crippen molar-refractivity contribution in [2.45, 2.75) is 90.1 Å². The summed E-state index contributed by atoms with van der Waals surface area (Å²) in [7, 11) is 0. The molecular weight excluding hydrogens is 591 g/mol. The molecule has 0 bridgehead atoms. The summed E-state index contributed by atoms with van der Waals surface area (Å²) in [6, 6.07) is 1.45. The second-order valence-corrected chi connectivity index (χ2v) is 8.51. The van der Waals surface area contributed by atoms with Crippen molar-refractivity contribution in [1.82, 2.24) is 19.6 Å². The number of hydrogen-bond donors (Lipinski definition) is 2. The summed E-state index contributed by atoms with van der Waals surface area (Å²) in [4.78, 5) is 27.5. The van der Waals surface area contributed by atoms with Crippen molar-refractivity contribution in [2.75, 3.05) is 6.67 Å². The van der Waals surface area contributed by atoms with Crippen molar-refractivity contribution in [3.05, 3.63) is 38.1 Å². The van der Waals surface area contributed by atoms with E-state index in [0.29, 0.717) is 0 Å². The monoisotopic (exact) mass is 629 g/mol. The number of carbonyl (C=O) groups is 2. The molecule has 0 unspecified atom stereocenters. The van der Waals surface area contributed by atoms with Gasteiger partial charge >= 0.3 is 21.1 Å². The zero-order valence-electron chi connectivity index (χ0n) is 19.2. The number of carboxylic acids is 2. The molecule has 0 aromatic heterocycles. The van der Waals surface area contributed by atoms with Crippen LogP contribution in [0.5, 0.6) is 0 Å². The van der Waals surface area contributed by atoms with E-state index in [1.165, 1.54) is 64.2 Å². The van der Waals surface area contributed by atoms with Crippen molar-refractivity contribution >= 4 is 11.9 Å². The average Bonchev–Trinajstić information content (AvgIpc) is 3.39. The molecule has 0 amide bonds. The van der Waals surface area contributed by atoms with Gasteiger partial charge in [0.05, 0.1) is 0 Å². The summed E-state index contributed by atoms with van der Waals surface area (Å²) in [5, 5.41) is 14.8. The molecule has 8 nitrogen and oxygen atoms in total. The maximum atomic E-state index is 9.00. The molecule has 2 aliphatic heterocycles. The maximum Gasteiger partial charge on any atom is 2.00 e. The van der Waals surface area contributed by atoms with Crippen LogP contribution in [-0.4, -0.2) is 60.5 Å². The van der Waals surface area contributed by atoms with Crippen LogP contribution in [0, 0.1) is 13.3 Å². The van der Waals surface area contributed by atoms with Gasteiger partial charge in [-0.25, -0.2) is 0 Å². The van der Waals surface area contributed by atoms with Gasteiger partial charge in [0, 0.05) is 32.6 Å². The van der Waals surface area contributed by atoms with Crippen molar-refractivity contribution < 1.29 is 40.9 Å². The van der Waals surface area contributed by atoms with Crippen molar-refractivity contribution in [3.63, 3.8) is 0 Å². The Morgan fingerprint density at radius 2 is 1.03 bits per heavy atom. The SMILES string of the molecule is C1=CN(C2CCCCC2)[CH-]N1CN1C=CN(C2CCCCC2)[CH-]1.CC(=O)O.CC(=O)O.[Pt+2]. The number of hydrogen-bond acceptors (Lipinski definition) is 6. The summed E-state index contributed by atoms with van der Waals surface area (Å²) in [6.07, 6.45) is 22.7. The Morgan fingerprint density at radius 3 is 1.34 bits per heavy atom. The first-order chi connectivity index (χ1) is 14.8. The summed E-state index contributed by atoms with van der Waals surface area (Å²) in [5.74, 6) is -1.67. The van der Waals surface area contributed by atoms with Gasteiger partial charge in [0.2, 0.25) is 0 Å². The Kier molecular flexibility index (Phi) is 13.5. The molecule has 0 spiro atoms. The Labute approximate surface area is 207 Å². The van der Waals surface area contributed by atoms with Crippen LogP contribution in [0.25, 0.3) is 0 Å². The summed E-state index contributed by atoms with van der Waals surface area (Å²) >= 11 is 0. The number of aliphatic carboxylic acids is 2. The molecule has 4 aliphatic rings. The van der Waals surface area contributed by atoms with Crippen LogP contribution in [0.1, 0.15) is 78.1 Å². The van der Waals surface area contributed by atoms with Gasteiger partial charge in [0.15, 0.2) is 0 Å². The van der Waals surface area contributed by atoms with E-state index in [1.54, 1.807) is 0 Å².